The maximum absolute atomic E-state index is 6.33. The van der Waals surface area contributed by atoms with Gasteiger partial charge in [-0.1, -0.05) is 24.1 Å². The molecule has 1 aliphatic carbocycles. The first-order valence-electron chi connectivity index (χ1n) is 6.26. The van der Waals surface area contributed by atoms with Crippen LogP contribution in [0.3, 0.4) is 0 Å². The molecule has 0 radical (unpaired) electrons. The van der Waals surface area contributed by atoms with Gasteiger partial charge in [0, 0.05) is 11.8 Å². The van der Waals surface area contributed by atoms with Crippen molar-refractivity contribution in [2.45, 2.75) is 38.1 Å². The largest absolute Gasteiger partial charge is 0.481 e. The molecule has 0 spiro atoms. The summed E-state index contributed by atoms with van der Waals surface area (Å²) in [6.45, 7) is 0. The van der Waals surface area contributed by atoms with Gasteiger partial charge in [0.1, 0.15) is 0 Å². The van der Waals surface area contributed by atoms with Crippen molar-refractivity contribution in [2.75, 3.05) is 7.11 Å². The molecule has 92 valence electrons. The van der Waals surface area contributed by atoms with Gasteiger partial charge in [0.2, 0.25) is 5.88 Å². The van der Waals surface area contributed by atoms with Gasteiger partial charge in [-0.15, -0.1) is 0 Å². The smallest absolute Gasteiger partial charge is 0.218 e. The van der Waals surface area contributed by atoms with Gasteiger partial charge in [0.05, 0.1) is 13.2 Å². The Morgan fingerprint density at radius 3 is 3.06 bits per heavy atom. The van der Waals surface area contributed by atoms with Crippen molar-refractivity contribution in [1.82, 2.24) is 4.98 Å². The molecule has 0 fully saturated rings. The summed E-state index contributed by atoms with van der Waals surface area (Å²) in [6, 6.07) is 3.84. The topological polar surface area (TPSA) is 48.1 Å². The van der Waals surface area contributed by atoms with Crippen LogP contribution in [0.15, 0.2) is 30.0 Å². The zero-order valence-corrected chi connectivity index (χ0v) is 10.4. The highest BCUT2D eigenvalue weighted by atomic mass is 16.5. The quantitative estimate of drug-likeness (QED) is 0.815. The molecular formula is C14H20N2O. The van der Waals surface area contributed by atoms with Crippen LogP contribution in [0.4, 0.5) is 0 Å². The van der Waals surface area contributed by atoms with Crippen LogP contribution < -0.4 is 10.5 Å². The van der Waals surface area contributed by atoms with Crippen molar-refractivity contribution < 1.29 is 4.74 Å². The molecule has 0 aliphatic heterocycles. The zero-order chi connectivity index (χ0) is 12.1. The summed E-state index contributed by atoms with van der Waals surface area (Å²) in [5, 5.41) is 0. The molecule has 0 saturated carbocycles. The minimum absolute atomic E-state index is 0.0725. The van der Waals surface area contributed by atoms with E-state index in [1.165, 1.54) is 24.8 Å². The molecular weight excluding hydrogens is 212 g/mol. The first-order valence-corrected chi connectivity index (χ1v) is 6.26. The second kappa shape index (κ2) is 5.82. The van der Waals surface area contributed by atoms with Crippen LogP contribution in [-0.2, 0) is 0 Å². The van der Waals surface area contributed by atoms with Crippen LogP contribution >= 0.6 is 0 Å². The Bertz CT molecular complexity index is 401. The lowest BCUT2D eigenvalue weighted by Gasteiger charge is -2.17. The lowest BCUT2D eigenvalue weighted by molar-refractivity contribution is 0.390. The fourth-order valence-corrected chi connectivity index (χ4v) is 2.33. The number of ether oxygens (including phenoxy) is 1. The second-order valence-electron chi connectivity index (χ2n) is 4.46. The first kappa shape index (κ1) is 12.1. The molecule has 1 unspecified atom stereocenters. The van der Waals surface area contributed by atoms with Gasteiger partial charge in [-0.25, -0.2) is 4.98 Å². The highest BCUT2D eigenvalue weighted by molar-refractivity contribution is 5.35. The van der Waals surface area contributed by atoms with Crippen molar-refractivity contribution in [3.8, 4) is 5.88 Å². The molecule has 1 aromatic rings. The number of pyridine rings is 1. The van der Waals surface area contributed by atoms with E-state index in [1.807, 2.05) is 12.1 Å². The van der Waals surface area contributed by atoms with Gasteiger partial charge < -0.3 is 10.5 Å². The van der Waals surface area contributed by atoms with Gasteiger partial charge in [-0.2, -0.15) is 0 Å². The van der Waals surface area contributed by atoms with Crippen LogP contribution in [0.25, 0.3) is 0 Å². The van der Waals surface area contributed by atoms with Crippen LogP contribution in [0, 0.1) is 0 Å². The SMILES string of the molecule is COc1ncccc1C(N)C1=CCCCCC1. The van der Waals surface area contributed by atoms with Gasteiger partial charge in [0.25, 0.3) is 0 Å². The minimum atomic E-state index is -0.0725. The van der Waals surface area contributed by atoms with Crippen LogP contribution in [-0.4, -0.2) is 12.1 Å². The summed E-state index contributed by atoms with van der Waals surface area (Å²) in [5.41, 5.74) is 8.64. The summed E-state index contributed by atoms with van der Waals surface area (Å²) < 4.78 is 5.27. The maximum atomic E-state index is 6.33. The van der Waals surface area contributed by atoms with E-state index in [4.69, 9.17) is 10.5 Å². The number of hydrogen-bond donors (Lipinski definition) is 1. The van der Waals surface area contributed by atoms with Crippen molar-refractivity contribution in [3.05, 3.63) is 35.5 Å². The van der Waals surface area contributed by atoms with Crippen LogP contribution in [0.1, 0.15) is 43.7 Å². The van der Waals surface area contributed by atoms with Crippen molar-refractivity contribution >= 4 is 0 Å². The van der Waals surface area contributed by atoms with Gasteiger partial charge in [-0.05, 0) is 31.7 Å². The molecule has 2 rings (SSSR count). The second-order valence-corrected chi connectivity index (χ2v) is 4.46. The predicted molar refractivity (Wildman–Crippen MR) is 68.9 cm³/mol. The molecule has 1 atom stereocenters. The van der Waals surface area contributed by atoms with E-state index in [0.717, 1.165) is 18.4 Å². The Morgan fingerprint density at radius 2 is 2.24 bits per heavy atom. The van der Waals surface area contributed by atoms with Gasteiger partial charge in [0.15, 0.2) is 0 Å². The van der Waals surface area contributed by atoms with Crippen molar-refractivity contribution in [1.29, 1.82) is 0 Å². The zero-order valence-electron chi connectivity index (χ0n) is 10.4. The fourth-order valence-electron chi connectivity index (χ4n) is 2.33. The Labute approximate surface area is 103 Å². The molecule has 1 heterocycles. The molecule has 3 heteroatoms. The minimum Gasteiger partial charge on any atom is -0.481 e. The molecule has 0 amide bonds. The highest BCUT2D eigenvalue weighted by Gasteiger charge is 2.17. The lowest BCUT2D eigenvalue weighted by Crippen LogP contribution is -2.15. The van der Waals surface area contributed by atoms with E-state index in [2.05, 4.69) is 11.1 Å². The first-order chi connectivity index (χ1) is 8.33. The monoisotopic (exact) mass is 232 g/mol. The standard InChI is InChI=1S/C14H20N2O/c1-17-14-12(9-6-10-16-14)13(15)11-7-4-2-3-5-8-11/h6-7,9-10,13H,2-5,8,15H2,1H3. The number of allylic oxidation sites excluding steroid dienone is 1. The molecule has 2 N–H and O–H groups in total. The third-order valence-corrected chi connectivity index (χ3v) is 3.30. The number of nitrogens with two attached hydrogens (primary N) is 1. The summed E-state index contributed by atoms with van der Waals surface area (Å²) >= 11 is 0. The third kappa shape index (κ3) is 2.86. The normalized spacial score (nSPS) is 18.1. The third-order valence-electron chi connectivity index (χ3n) is 3.30. The van der Waals surface area contributed by atoms with E-state index in [1.54, 1.807) is 13.3 Å². The van der Waals surface area contributed by atoms with Crippen molar-refractivity contribution in [2.24, 2.45) is 5.73 Å². The average Bonchev–Trinajstić information content (AvgIpc) is 2.66. The summed E-state index contributed by atoms with van der Waals surface area (Å²) in [4.78, 5) is 4.21. The Morgan fingerprint density at radius 1 is 1.35 bits per heavy atom. The maximum Gasteiger partial charge on any atom is 0.218 e. The molecule has 17 heavy (non-hydrogen) atoms. The number of hydrogen-bond acceptors (Lipinski definition) is 3. The molecule has 1 aliphatic rings. The lowest BCUT2D eigenvalue weighted by atomic mass is 9.97. The average molecular weight is 232 g/mol. The van der Waals surface area contributed by atoms with E-state index in [-0.39, 0.29) is 6.04 Å². The van der Waals surface area contributed by atoms with E-state index >= 15 is 0 Å². The number of rotatable bonds is 3. The Balaban J connectivity index is 2.23. The predicted octanol–water partition coefficient (Wildman–Crippen LogP) is 2.98. The van der Waals surface area contributed by atoms with Crippen LogP contribution in [0.2, 0.25) is 0 Å². The highest BCUT2D eigenvalue weighted by Crippen LogP contribution is 2.30. The van der Waals surface area contributed by atoms with Crippen molar-refractivity contribution in [3.63, 3.8) is 0 Å². The molecule has 0 bridgehead atoms. The summed E-state index contributed by atoms with van der Waals surface area (Å²) in [5.74, 6) is 0.644. The fraction of sp³-hybridized carbons (Fsp3) is 0.500. The van der Waals surface area contributed by atoms with Crippen LogP contribution in [0.5, 0.6) is 5.88 Å². The van der Waals surface area contributed by atoms with E-state index in [9.17, 15) is 0 Å². The van der Waals surface area contributed by atoms with Gasteiger partial charge in [-0.3, -0.25) is 0 Å². The van der Waals surface area contributed by atoms with E-state index in [0.29, 0.717) is 5.88 Å². The molecule has 0 aromatic carbocycles. The molecule has 1 aromatic heterocycles. The summed E-state index contributed by atoms with van der Waals surface area (Å²) in [6.07, 6.45) is 10.1. The van der Waals surface area contributed by atoms with E-state index < -0.39 is 0 Å². The number of nitrogens with zero attached hydrogens (tertiary/aromatic N) is 1. The summed E-state index contributed by atoms with van der Waals surface area (Å²) in [7, 11) is 1.64. The number of methoxy groups -OCH3 is 1. The number of aromatic nitrogens is 1. The molecule has 0 saturated heterocycles. The van der Waals surface area contributed by atoms with Gasteiger partial charge >= 0.3 is 0 Å². The Kier molecular flexibility index (Phi) is 4.15. The molecule has 3 nitrogen and oxygen atoms in total. The Hall–Kier alpha value is -1.35.